The van der Waals surface area contributed by atoms with E-state index in [4.69, 9.17) is 0 Å². The predicted octanol–water partition coefficient (Wildman–Crippen LogP) is 3.05. The number of hydrogen-bond acceptors (Lipinski definition) is 2. The van der Waals surface area contributed by atoms with Gasteiger partial charge in [-0.25, -0.2) is 8.78 Å². The molecule has 3 nitrogen and oxygen atoms in total. The molecule has 1 aliphatic rings. The van der Waals surface area contributed by atoms with Gasteiger partial charge in [0.1, 0.15) is 0 Å². The minimum absolute atomic E-state index is 0.0850. The quantitative estimate of drug-likeness (QED) is 0.832. The van der Waals surface area contributed by atoms with Crippen molar-refractivity contribution >= 4 is 0 Å². The first-order valence-corrected chi connectivity index (χ1v) is 6.19. The Hall–Kier alpha value is -2.04. The van der Waals surface area contributed by atoms with Crippen LogP contribution in [0.4, 0.5) is 8.78 Å². The molecule has 1 heterocycles. The predicted molar refractivity (Wildman–Crippen MR) is 65.7 cm³/mol. The van der Waals surface area contributed by atoms with E-state index in [1.54, 1.807) is 0 Å². The molecule has 2 aromatic rings. The van der Waals surface area contributed by atoms with E-state index in [1.165, 1.54) is 10.6 Å². The average Bonchev–Trinajstić information content (AvgIpc) is 2.66. The summed E-state index contributed by atoms with van der Waals surface area (Å²) in [5, 5.41) is 20.3. The zero-order valence-corrected chi connectivity index (χ0v) is 10.2. The van der Waals surface area contributed by atoms with Crippen molar-refractivity contribution in [3.05, 3.63) is 41.0 Å². The van der Waals surface area contributed by atoms with Gasteiger partial charge in [-0.1, -0.05) is 0 Å². The van der Waals surface area contributed by atoms with Gasteiger partial charge in [0.2, 0.25) is 11.8 Å². The number of nitrogens with zero attached hydrogens (tertiary/aromatic N) is 1. The van der Waals surface area contributed by atoms with Gasteiger partial charge < -0.3 is 10.2 Å². The van der Waals surface area contributed by atoms with Crippen LogP contribution in [0.5, 0.6) is 11.8 Å². The number of hydrogen-bond donors (Lipinski definition) is 2. The van der Waals surface area contributed by atoms with Crippen LogP contribution in [0.25, 0.3) is 5.69 Å². The third-order valence-corrected chi connectivity index (χ3v) is 3.59. The van der Waals surface area contributed by atoms with Gasteiger partial charge in [0.05, 0.1) is 5.69 Å². The summed E-state index contributed by atoms with van der Waals surface area (Å²) in [4.78, 5) is 0. The van der Waals surface area contributed by atoms with E-state index in [0.29, 0.717) is 24.0 Å². The molecule has 3 rings (SSSR count). The van der Waals surface area contributed by atoms with Crippen LogP contribution in [0.15, 0.2) is 18.2 Å². The largest absolute Gasteiger partial charge is 0.494 e. The Balaban J connectivity index is 2.19. The van der Waals surface area contributed by atoms with E-state index in [0.717, 1.165) is 25.0 Å². The molecule has 1 aromatic heterocycles. The van der Waals surface area contributed by atoms with Crippen LogP contribution in [0.2, 0.25) is 0 Å². The molecule has 0 aliphatic heterocycles. The second-order valence-corrected chi connectivity index (χ2v) is 4.75. The Labute approximate surface area is 108 Å². The molecule has 1 aromatic carbocycles. The molecule has 5 heteroatoms. The van der Waals surface area contributed by atoms with Gasteiger partial charge in [0, 0.05) is 17.2 Å². The third-order valence-electron chi connectivity index (χ3n) is 3.59. The summed E-state index contributed by atoms with van der Waals surface area (Å²) in [6.07, 6.45) is 3.26. The molecule has 100 valence electrons. The molecule has 0 saturated heterocycles. The monoisotopic (exact) mass is 265 g/mol. The van der Waals surface area contributed by atoms with Crippen molar-refractivity contribution in [2.75, 3.05) is 0 Å². The highest BCUT2D eigenvalue weighted by Gasteiger charge is 2.25. The lowest BCUT2D eigenvalue weighted by Gasteiger charge is -2.09. The Bertz CT molecular complexity index is 620. The van der Waals surface area contributed by atoms with Crippen molar-refractivity contribution in [2.24, 2.45) is 0 Å². The fourth-order valence-electron chi connectivity index (χ4n) is 2.64. The van der Waals surface area contributed by atoms with Crippen molar-refractivity contribution in [3.63, 3.8) is 0 Å². The zero-order valence-electron chi connectivity index (χ0n) is 10.2. The molecule has 0 bridgehead atoms. The minimum Gasteiger partial charge on any atom is -0.494 e. The van der Waals surface area contributed by atoms with Gasteiger partial charge >= 0.3 is 0 Å². The number of aromatic nitrogens is 1. The number of aromatic hydroxyl groups is 2. The van der Waals surface area contributed by atoms with E-state index in [-0.39, 0.29) is 17.4 Å². The summed E-state index contributed by atoms with van der Waals surface area (Å²) in [5.41, 5.74) is 1.62. The smallest absolute Gasteiger partial charge is 0.202 e. The van der Waals surface area contributed by atoms with Crippen LogP contribution in [-0.4, -0.2) is 14.8 Å². The second-order valence-electron chi connectivity index (χ2n) is 4.75. The van der Waals surface area contributed by atoms with Gasteiger partial charge in [-0.2, -0.15) is 0 Å². The minimum atomic E-state index is -1.01. The lowest BCUT2D eigenvalue weighted by molar-refractivity contribution is 0.399. The van der Waals surface area contributed by atoms with Gasteiger partial charge in [0.25, 0.3) is 0 Å². The fourth-order valence-corrected chi connectivity index (χ4v) is 2.64. The summed E-state index contributed by atoms with van der Waals surface area (Å²) >= 11 is 0. The van der Waals surface area contributed by atoms with Crippen molar-refractivity contribution in [3.8, 4) is 17.4 Å². The van der Waals surface area contributed by atoms with E-state index in [1.807, 2.05) is 0 Å². The van der Waals surface area contributed by atoms with Crippen molar-refractivity contribution < 1.29 is 19.0 Å². The second kappa shape index (κ2) is 4.26. The van der Waals surface area contributed by atoms with Crippen LogP contribution in [0.1, 0.15) is 24.0 Å². The summed E-state index contributed by atoms with van der Waals surface area (Å²) in [6.45, 7) is 0. The highest BCUT2D eigenvalue weighted by Crippen LogP contribution is 2.40. The molecule has 0 spiro atoms. The Morgan fingerprint density at radius 1 is 0.895 bits per heavy atom. The van der Waals surface area contributed by atoms with Crippen molar-refractivity contribution in [2.45, 2.75) is 25.7 Å². The molecule has 0 unspecified atom stereocenters. The van der Waals surface area contributed by atoms with Gasteiger partial charge in [-0.15, -0.1) is 0 Å². The molecule has 0 fully saturated rings. The fraction of sp³-hybridized carbons (Fsp3) is 0.286. The normalized spacial score (nSPS) is 14.4. The molecule has 0 saturated carbocycles. The molecule has 0 radical (unpaired) electrons. The summed E-state index contributed by atoms with van der Waals surface area (Å²) < 4.78 is 27.4. The van der Waals surface area contributed by atoms with Crippen LogP contribution in [0, 0.1) is 11.6 Å². The molecule has 2 N–H and O–H groups in total. The summed E-state index contributed by atoms with van der Waals surface area (Å²) in [5.74, 6) is -2.14. The van der Waals surface area contributed by atoms with Gasteiger partial charge in [0.15, 0.2) is 11.6 Å². The molecular formula is C14H13F2NO2. The molecular weight excluding hydrogens is 252 g/mol. The summed E-state index contributed by atoms with van der Waals surface area (Å²) in [7, 11) is 0. The highest BCUT2D eigenvalue weighted by molar-refractivity contribution is 5.53. The number of halogens is 2. The third kappa shape index (κ3) is 1.77. The standard InChI is InChI=1S/C14H13F2NO2/c15-11-6-5-8(7-12(11)16)17-13(18)9-3-1-2-4-10(9)14(17)19/h5-7,18-19H,1-4H2. The first-order chi connectivity index (χ1) is 9.09. The van der Waals surface area contributed by atoms with Crippen molar-refractivity contribution in [1.29, 1.82) is 0 Å². The lowest BCUT2D eigenvalue weighted by Crippen LogP contribution is -1.98. The zero-order chi connectivity index (χ0) is 13.6. The number of benzene rings is 1. The Morgan fingerprint density at radius 2 is 1.47 bits per heavy atom. The number of fused-ring (bicyclic) bond motifs is 1. The average molecular weight is 265 g/mol. The topological polar surface area (TPSA) is 45.4 Å². The van der Waals surface area contributed by atoms with Crippen LogP contribution < -0.4 is 0 Å². The maximum absolute atomic E-state index is 13.3. The van der Waals surface area contributed by atoms with Crippen LogP contribution in [-0.2, 0) is 12.8 Å². The molecule has 19 heavy (non-hydrogen) atoms. The van der Waals surface area contributed by atoms with E-state index in [9.17, 15) is 19.0 Å². The van der Waals surface area contributed by atoms with E-state index in [2.05, 4.69) is 0 Å². The number of rotatable bonds is 1. The van der Waals surface area contributed by atoms with E-state index < -0.39 is 11.6 Å². The Kier molecular flexibility index (Phi) is 2.69. The van der Waals surface area contributed by atoms with Gasteiger partial charge in [-0.05, 0) is 37.8 Å². The first kappa shape index (κ1) is 12.0. The Morgan fingerprint density at radius 3 is 2.00 bits per heavy atom. The molecule has 0 atom stereocenters. The first-order valence-electron chi connectivity index (χ1n) is 6.19. The van der Waals surface area contributed by atoms with Crippen LogP contribution in [0.3, 0.4) is 0 Å². The van der Waals surface area contributed by atoms with Crippen molar-refractivity contribution in [1.82, 2.24) is 4.57 Å². The SMILES string of the molecule is Oc1c2c(c(O)n1-c1ccc(F)c(F)c1)CCCC2. The van der Waals surface area contributed by atoms with E-state index >= 15 is 0 Å². The van der Waals surface area contributed by atoms with Crippen LogP contribution >= 0.6 is 0 Å². The molecule has 0 amide bonds. The maximum Gasteiger partial charge on any atom is 0.202 e. The summed E-state index contributed by atoms with van der Waals surface area (Å²) in [6, 6.07) is 3.26. The maximum atomic E-state index is 13.3. The van der Waals surface area contributed by atoms with Gasteiger partial charge in [-0.3, -0.25) is 4.57 Å². The molecule has 1 aliphatic carbocycles. The highest BCUT2D eigenvalue weighted by atomic mass is 19.2. The lowest BCUT2D eigenvalue weighted by atomic mass is 9.95.